The summed E-state index contributed by atoms with van der Waals surface area (Å²) in [6.07, 6.45) is 5.98. The number of nitrogens with one attached hydrogen (secondary N) is 2. The Kier molecular flexibility index (Phi) is 9.50. The largest absolute Gasteiger partial charge is 0.489 e. The molecule has 0 aliphatic rings. The Morgan fingerprint density at radius 2 is 1.89 bits per heavy atom. The number of H-pyrrole nitrogens is 1. The highest BCUT2D eigenvalue weighted by Gasteiger charge is 2.35. The lowest BCUT2D eigenvalue weighted by Gasteiger charge is -2.35. The van der Waals surface area contributed by atoms with Crippen LogP contribution in [0.25, 0.3) is 0 Å². The molecule has 1 heterocycles. The number of aromatic amines is 1. The number of hydrogen-bond acceptors (Lipinski definition) is 5. The number of nitrogens with two attached hydrogens (primary N) is 1. The third-order valence-electron chi connectivity index (χ3n) is 5.94. The van der Waals surface area contributed by atoms with Crippen LogP contribution in [0.1, 0.15) is 38.4 Å². The Bertz CT molecular complexity index is 1080. The molecule has 2 amide bonds. The van der Waals surface area contributed by atoms with E-state index in [0.717, 1.165) is 29.1 Å². The summed E-state index contributed by atoms with van der Waals surface area (Å²) in [5, 5.41) is 2.82. The van der Waals surface area contributed by atoms with Crippen LogP contribution in [-0.2, 0) is 22.6 Å². The molecule has 8 nitrogen and oxygen atoms in total. The van der Waals surface area contributed by atoms with E-state index < -0.39 is 11.4 Å². The van der Waals surface area contributed by atoms with Crippen molar-refractivity contribution in [1.82, 2.24) is 15.3 Å². The van der Waals surface area contributed by atoms with Crippen molar-refractivity contribution >= 4 is 17.5 Å². The topological polar surface area (TPSA) is 113 Å². The van der Waals surface area contributed by atoms with Crippen molar-refractivity contribution < 1.29 is 14.3 Å². The van der Waals surface area contributed by atoms with Gasteiger partial charge in [0.05, 0.1) is 12.7 Å². The fraction of sp³-hybridized carbons (Fsp3) is 0.357. The van der Waals surface area contributed by atoms with Crippen molar-refractivity contribution in [3.63, 3.8) is 0 Å². The molecular formula is C28H36N5O3. The molecule has 0 aliphatic carbocycles. The van der Waals surface area contributed by atoms with Gasteiger partial charge in [-0.3, -0.25) is 9.59 Å². The number of aromatic nitrogens is 2. The number of amides is 2. The molecule has 1 radical (unpaired) electrons. The first-order valence-corrected chi connectivity index (χ1v) is 12.2. The van der Waals surface area contributed by atoms with Crippen LogP contribution in [0, 0.1) is 12.3 Å². The second-order valence-corrected chi connectivity index (χ2v) is 9.54. The summed E-state index contributed by atoms with van der Waals surface area (Å²) in [6.45, 7) is 7.40. The third-order valence-corrected chi connectivity index (χ3v) is 5.94. The van der Waals surface area contributed by atoms with Crippen LogP contribution < -0.4 is 20.7 Å². The molecule has 3 aromatic rings. The summed E-state index contributed by atoms with van der Waals surface area (Å²) in [4.78, 5) is 34.1. The van der Waals surface area contributed by atoms with Gasteiger partial charge < -0.3 is 25.7 Å². The summed E-state index contributed by atoms with van der Waals surface area (Å²) in [5.74, 6) is 0.270. The van der Waals surface area contributed by atoms with Gasteiger partial charge in [-0.2, -0.15) is 0 Å². The summed E-state index contributed by atoms with van der Waals surface area (Å²) in [7, 11) is 0. The van der Waals surface area contributed by atoms with E-state index >= 15 is 0 Å². The molecule has 4 N–H and O–H groups in total. The SMILES string of the molecule is CC(C)CCN(CC(C)(NC(=O)[CH]Cc1cnc[nH]1)C(N)=O)c1ccc(OCc2ccccc2)cc1. The summed E-state index contributed by atoms with van der Waals surface area (Å²) in [5.41, 5.74) is 7.34. The van der Waals surface area contributed by atoms with Gasteiger partial charge in [0.1, 0.15) is 17.9 Å². The van der Waals surface area contributed by atoms with E-state index in [4.69, 9.17) is 10.5 Å². The van der Waals surface area contributed by atoms with Gasteiger partial charge in [-0.1, -0.05) is 44.2 Å². The highest BCUT2D eigenvalue weighted by atomic mass is 16.5. The first kappa shape index (κ1) is 26.8. The minimum absolute atomic E-state index is 0.239. The van der Waals surface area contributed by atoms with Crippen LogP contribution in [0.15, 0.2) is 67.1 Å². The van der Waals surface area contributed by atoms with E-state index in [9.17, 15) is 9.59 Å². The van der Waals surface area contributed by atoms with Gasteiger partial charge >= 0.3 is 0 Å². The molecule has 0 spiro atoms. The number of hydrogen-bond donors (Lipinski definition) is 3. The molecule has 8 heteroatoms. The zero-order valence-corrected chi connectivity index (χ0v) is 21.2. The maximum atomic E-state index is 12.6. The fourth-order valence-electron chi connectivity index (χ4n) is 3.69. The fourth-order valence-corrected chi connectivity index (χ4v) is 3.69. The number of rotatable bonds is 14. The molecule has 3 rings (SSSR count). The van der Waals surface area contributed by atoms with E-state index in [1.54, 1.807) is 19.4 Å². The van der Waals surface area contributed by atoms with Crippen molar-refractivity contribution in [1.29, 1.82) is 0 Å². The Balaban J connectivity index is 1.68. The standard InChI is InChI=1S/C28H36N5O3/c1-21(2)15-16-33(24-10-12-25(13-11-24)36-18-22-7-5-4-6-8-22)19-28(3,27(29)35)32-26(34)14-9-23-17-30-20-31-23/h4-8,10-14,17,20-21H,9,15-16,18-19H2,1-3H3,(H2,29,35)(H,30,31)(H,32,34). The number of imidazole rings is 1. The number of benzene rings is 2. The predicted octanol–water partition coefficient (Wildman–Crippen LogP) is 3.65. The lowest BCUT2D eigenvalue weighted by atomic mass is 9.98. The second kappa shape index (κ2) is 12.8. The number of primary amides is 1. The molecule has 1 unspecified atom stereocenters. The average molecular weight is 491 g/mol. The average Bonchev–Trinajstić information content (AvgIpc) is 3.39. The van der Waals surface area contributed by atoms with Gasteiger partial charge in [0.2, 0.25) is 11.8 Å². The zero-order valence-electron chi connectivity index (χ0n) is 21.2. The van der Waals surface area contributed by atoms with Gasteiger partial charge in [-0.05, 0) is 49.1 Å². The maximum absolute atomic E-state index is 12.6. The molecule has 1 aromatic heterocycles. The monoisotopic (exact) mass is 490 g/mol. The zero-order chi connectivity index (χ0) is 26.0. The van der Waals surface area contributed by atoms with Gasteiger partial charge in [-0.25, -0.2) is 4.98 Å². The van der Waals surface area contributed by atoms with Crippen LogP contribution in [0.4, 0.5) is 5.69 Å². The van der Waals surface area contributed by atoms with E-state index in [2.05, 4.69) is 34.0 Å². The molecule has 0 saturated heterocycles. The molecule has 191 valence electrons. The van der Waals surface area contributed by atoms with Gasteiger partial charge in [0.15, 0.2) is 0 Å². The minimum atomic E-state index is -1.26. The second-order valence-electron chi connectivity index (χ2n) is 9.54. The van der Waals surface area contributed by atoms with E-state index in [1.807, 2.05) is 54.6 Å². The van der Waals surface area contributed by atoms with Crippen molar-refractivity contribution in [2.45, 2.75) is 45.8 Å². The Morgan fingerprint density at radius 1 is 1.17 bits per heavy atom. The molecule has 0 aliphatic heterocycles. The number of carbonyl (C=O) groups excluding carboxylic acids is 2. The van der Waals surface area contributed by atoms with Gasteiger partial charge in [0.25, 0.3) is 0 Å². The van der Waals surface area contributed by atoms with Gasteiger partial charge in [-0.15, -0.1) is 0 Å². The maximum Gasteiger partial charge on any atom is 0.244 e. The first-order valence-electron chi connectivity index (χ1n) is 12.2. The molecule has 0 saturated carbocycles. The van der Waals surface area contributed by atoms with E-state index in [-0.39, 0.29) is 12.5 Å². The smallest absolute Gasteiger partial charge is 0.244 e. The van der Waals surface area contributed by atoms with Crippen molar-refractivity contribution in [2.24, 2.45) is 11.7 Å². The van der Waals surface area contributed by atoms with Crippen molar-refractivity contribution in [3.05, 3.63) is 84.8 Å². The predicted molar refractivity (Wildman–Crippen MR) is 141 cm³/mol. The summed E-state index contributed by atoms with van der Waals surface area (Å²) < 4.78 is 5.91. The number of carbonyl (C=O) groups is 2. The molecule has 2 aromatic carbocycles. The van der Waals surface area contributed by atoms with Gasteiger partial charge in [0, 0.05) is 37.1 Å². The lowest BCUT2D eigenvalue weighted by molar-refractivity contribution is -0.129. The highest BCUT2D eigenvalue weighted by Crippen LogP contribution is 2.23. The van der Waals surface area contributed by atoms with Crippen LogP contribution >= 0.6 is 0 Å². The summed E-state index contributed by atoms with van der Waals surface area (Å²) >= 11 is 0. The minimum Gasteiger partial charge on any atom is -0.489 e. The first-order chi connectivity index (χ1) is 17.2. The molecular weight excluding hydrogens is 454 g/mol. The van der Waals surface area contributed by atoms with Crippen molar-refractivity contribution in [3.8, 4) is 5.75 Å². The van der Waals surface area contributed by atoms with Crippen molar-refractivity contribution in [2.75, 3.05) is 18.0 Å². The number of nitrogens with zero attached hydrogens (tertiary/aromatic N) is 2. The molecule has 1 atom stereocenters. The molecule has 0 fully saturated rings. The normalized spacial score (nSPS) is 12.7. The number of anilines is 1. The van der Waals surface area contributed by atoms with Crippen LogP contribution in [0.3, 0.4) is 0 Å². The highest BCUT2D eigenvalue weighted by molar-refractivity contribution is 5.93. The quantitative estimate of drug-likeness (QED) is 0.319. The van der Waals surface area contributed by atoms with Crippen LogP contribution in [0.5, 0.6) is 5.75 Å². The lowest BCUT2D eigenvalue weighted by Crippen LogP contribution is -2.61. The Labute approximate surface area is 213 Å². The van der Waals surface area contributed by atoms with E-state index in [0.29, 0.717) is 25.5 Å². The third kappa shape index (κ3) is 8.15. The van der Waals surface area contributed by atoms with Crippen LogP contribution in [-0.4, -0.2) is 40.4 Å². The number of ether oxygens (including phenoxy) is 1. The van der Waals surface area contributed by atoms with Crippen LogP contribution in [0.2, 0.25) is 0 Å². The van der Waals surface area contributed by atoms with E-state index in [1.165, 1.54) is 6.42 Å². The molecule has 0 bridgehead atoms. The molecule has 36 heavy (non-hydrogen) atoms. The summed E-state index contributed by atoms with van der Waals surface area (Å²) in [6, 6.07) is 17.8. The Hall–Kier alpha value is -3.81. The Morgan fingerprint density at radius 3 is 2.50 bits per heavy atom.